The van der Waals surface area contributed by atoms with Crippen molar-refractivity contribution in [3.05, 3.63) is 93.2 Å². The third-order valence-corrected chi connectivity index (χ3v) is 8.90. The number of carbonyl (C=O) groups is 4. The molecule has 304 valence electrons. The highest BCUT2D eigenvalue weighted by atomic mass is 127. The highest BCUT2D eigenvalue weighted by molar-refractivity contribution is 14.0. The summed E-state index contributed by atoms with van der Waals surface area (Å²) in [6.07, 6.45) is 4.25. The van der Waals surface area contributed by atoms with Crippen LogP contribution in [0.25, 0.3) is 33.7 Å². The second-order valence-corrected chi connectivity index (χ2v) is 13.1. The van der Waals surface area contributed by atoms with Crippen molar-refractivity contribution in [2.24, 2.45) is 0 Å². The van der Waals surface area contributed by atoms with E-state index >= 15 is 0 Å². The van der Waals surface area contributed by atoms with Gasteiger partial charge in [-0.1, -0.05) is 0 Å². The maximum atomic E-state index is 14.0. The molecule has 18 heteroatoms. The first-order chi connectivity index (χ1) is 26.2. The van der Waals surface area contributed by atoms with Crippen LogP contribution in [0.5, 0.6) is 0 Å². The van der Waals surface area contributed by atoms with E-state index < -0.39 is 60.0 Å². The van der Waals surface area contributed by atoms with Crippen LogP contribution in [0.1, 0.15) is 51.7 Å². The number of unbranched alkanes of at least 4 members (excludes halogenated alkanes) is 1. The summed E-state index contributed by atoms with van der Waals surface area (Å²) in [7, 11) is 0. The summed E-state index contributed by atoms with van der Waals surface area (Å²) >= 11 is 0. The van der Waals surface area contributed by atoms with E-state index in [0.29, 0.717) is 30.4 Å². The molecule has 3 atom stereocenters. The van der Waals surface area contributed by atoms with Gasteiger partial charge >= 0.3 is 29.6 Å². The maximum Gasteiger partial charge on any atom is 0.352 e. The van der Waals surface area contributed by atoms with Crippen LogP contribution < -0.4 is 39.8 Å². The van der Waals surface area contributed by atoms with Gasteiger partial charge in [-0.3, -0.25) is 33.5 Å². The van der Waals surface area contributed by atoms with E-state index in [1.54, 1.807) is 24.5 Å². The first-order valence-electron chi connectivity index (χ1n) is 17.7. The largest absolute Gasteiger partial charge is 1.00 e. The van der Waals surface area contributed by atoms with Crippen molar-refractivity contribution >= 4 is 58.9 Å². The van der Waals surface area contributed by atoms with E-state index in [1.807, 2.05) is 55.1 Å². The van der Waals surface area contributed by atoms with Crippen molar-refractivity contribution in [3.63, 3.8) is 0 Å². The third kappa shape index (κ3) is 12.1. The zero-order valence-electron chi connectivity index (χ0n) is 32.3. The predicted octanol–water partition coefficient (Wildman–Crippen LogP) is 0.485. The van der Waals surface area contributed by atoms with Gasteiger partial charge in [0.2, 0.25) is 0 Å². The number of benzene rings is 1. The number of ether oxygens (including phenoxy) is 4. The molecule has 4 heterocycles. The molecule has 0 radical (unpaired) electrons. The highest BCUT2D eigenvalue weighted by Gasteiger charge is 2.39. The van der Waals surface area contributed by atoms with E-state index in [0.717, 1.165) is 54.5 Å². The van der Waals surface area contributed by atoms with E-state index in [2.05, 4.69) is 15.0 Å². The van der Waals surface area contributed by atoms with Crippen LogP contribution in [0.4, 0.5) is 0 Å². The predicted molar refractivity (Wildman–Crippen MR) is 212 cm³/mol. The van der Waals surface area contributed by atoms with Gasteiger partial charge in [-0.05, 0) is 66.8 Å². The van der Waals surface area contributed by atoms with Crippen LogP contribution in [-0.4, -0.2) is 72.9 Å². The summed E-state index contributed by atoms with van der Waals surface area (Å²) in [4.78, 5) is 89.4. The quantitative estimate of drug-likeness (QED) is 0.0352. The number of fused-ring (bicyclic) bond motifs is 2. The number of hydrogen-bond acceptors (Lipinski definition) is 13. The molecule has 0 amide bonds. The number of aromatic nitrogens is 6. The molecule has 16 nitrogen and oxygen atoms in total. The van der Waals surface area contributed by atoms with Crippen molar-refractivity contribution in [2.75, 3.05) is 6.61 Å². The molecule has 2 aliphatic rings. The average molecular weight is 1010 g/mol. The number of rotatable bonds is 15. The van der Waals surface area contributed by atoms with Crippen LogP contribution in [0, 0.1) is 13.8 Å². The molecule has 0 bridgehead atoms. The van der Waals surface area contributed by atoms with Crippen molar-refractivity contribution in [2.45, 2.75) is 92.3 Å². The Hall–Kier alpha value is -4.86. The standard InChI is InChI=1S/C39H43N6O10.2HI/c1-23-19-31-32(20-24(23)2)45(21-33(53-26(4)47)36(55-28(6)49)34(54-27(5)48)22-52-25(3)46)37-35(41-31)38(50)44(39(51)42-37)16-8-7-15-43-17-11-30(12-18-43)29-9-13-40-14-10-29;;/h9-14,17-20,33-34,36H,7-8,15-16,21-22H2,1-6H3;2*1H/q+1;;/p-1. The Labute approximate surface area is 362 Å². The summed E-state index contributed by atoms with van der Waals surface area (Å²) < 4.78 is 26.3. The topological polar surface area (TPSA) is 192 Å². The van der Waals surface area contributed by atoms with Gasteiger partial charge in [0, 0.05) is 65.2 Å². The van der Waals surface area contributed by atoms with Gasteiger partial charge < -0.3 is 47.5 Å². The second-order valence-electron chi connectivity index (χ2n) is 13.1. The van der Waals surface area contributed by atoms with E-state index in [1.165, 1.54) is 4.57 Å². The molecular weight excluding hydrogens is 966 g/mol. The van der Waals surface area contributed by atoms with Gasteiger partial charge in [0.25, 0.3) is 5.56 Å². The molecule has 57 heavy (non-hydrogen) atoms. The van der Waals surface area contributed by atoms with Crippen LogP contribution in [0.3, 0.4) is 0 Å². The molecule has 5 rings (SSSR count). The Balaban J connectivity index is 0.00000435. The SMILES string of the molecule is CC(=O)OCC(OC(C)=O)C(OC(C)=O)C(Cn1c2nc(=O)n(CCCC[n+]3ccc(-c4ccncc4)cc3)c(=O)c-2nc2cc(C)c(C)cc21)OC(C)=O.I.[I-]. The van der Waals surface area contributed by atoms with Crippen LogP contribution >= 0.6 is 24.0 Å². The first kappa shape index (κ1) is 46.5. The summed E-state index contributed by atoms with van der Waals surface area (Å²) in [5, 5.41) is 0. The molecule has 0 aliphatic carbocycles. The number of pyridine rings is 2. The smallest absolute Gasteiger partial charge is 0.352 e. The lowest BCUT2D eigenvalue weighted by atomic mass is 10.1. The number of esters is 4. The molecule has 3 aromatic rings. The molecule has 0 saturated heterocycles. The number of aryl methyl sites for hydroxylation is 3. The van der Waals surface area contributed by atoms with Crippen molar-refractivity contribution < 1.29 is 66.7 Å². The Morgan fingerprint density at radius 3 is 1.96 bits per heavy atom. The fourth-order valence-electron chi connectivity index (χ4n) is 6.21. The lowest BCUT2D eigenvalue weighted by molar-refractivity contribution is -0.697. The van der Waals surface area contributed by atoms with Gasteiger partial charge in [-0.2, -0.15) is 4.98 Å². The van der Waals surface area contributed by atoms with Gasteiger partial charge in [0.15, 0.2) is 42.2 Å². The van der Waals surface area contributed by atoms with Gasteiger partial charge in [0.05, 0.1) is 17.6 Å². The number of hydrogen-bond donors (Lipinski definition) is 0. The molecular formula is C39H44I2N6O10. The number of halogens is 2. The lowest BCUT2D eigenvalue weighted by Gasteiger charge is -2.32. The van der Waals surface area contributed by atoms with E-state index in [-0.39, 0.29) is 72.6 Å². The maximum absolute atomic E-state index is 14.0. The van der Waals surface area contributed by atoms with Crippen molar-refractivity contribution in [1.82, 2.24) is 24.1 Å². The van der Waals surface area contributed by atoms with E-state index in [9.17, 15) is 28.8 Å². The van der Waals surface area contributed by atoms with Crippen molar-refractivity contribution in [3.8, 4) is 22.6 Å². The zero-order valence-corrected chi connectivity index (χ0v) is 36.8. The monoisotopic (exact) mass is 1010 g/mol. The van der Waals surface area contributed by atoms with E-state index in [4.69, 9.17) is 18.9 Å². The lowest BCUT2D eigenvalue weighted by Crippen LogP contribution is -3.00. The van der Waals surface area contributed by atoms with Crippen molar-refractivity contribution in [1.29, 1.82) is 0 Å². The molecule has 1 aromatic carbocycles. The first-order valence-corrected chi connectivity index (χ1v) is 17.7. The minimum atomic E-state index is -1.50. The fraction of sp³-hybridized carbons (Fsp3) is 0.385. The second kappa shape index (κ2) is 21.1. The molecule has 2 aromatic heterocycles. The molecule has 0 N–H and O–H groups in total. The molecule has 3 unspecified atom stereocenters. The van der Waals surface area contributed by atoms with Gasteiger partial charge in [-0.25, -0.2) is 14.3 Å². The number of nitrogens with zero attached hydrogens (tertiary/aromatic N) is 6. The minimum Gasteiger partial charge on any atom is -1.00 e. The molecule has 2 aliphatic heterocycles. The third-order valence-electron chi connectivity index (χ3n) is 8.90. The fourth-order valence-corrected chi connectivity index (χ4v) is 6.21. The minimum absolute atomic E-state index is 0. The highest BCUT2D eigenvalue weighted by Crippen LogP contribution is 2.27. The van der Waals surface area contributed by atoms with Crippen LogP contribution in [0.2, 0.25) is 0 Å². The summed E-state index contributed by atoms with van der Waals surface area (Å²) in [6.45, 7) is 8.10. The summed E-state index contributed by atoms with van der Waals surface area (Å²) in [5.41, 5.74) is 3.05. The van der Waals surface area contributed by atoms with Crippen LogP contribution in [-0.2, 0) is 57.8 Å². The Bertz CT molecular complexity index is 2300. The summed E-state index contributed by atoms with van der Waals surface area (Å²) in [5.74, 6) is -3.19. The molecule has 0 saturated carbocycles. The van der Waals surface area contributed by atoms with Gasteiger partial charge in [0.1, 0.15) is 13.2 Å². The Kier molecular flexibility index (Phi) is 17.2. The van der Waals surface area contributed by atoms with Crippen LogP contribution in [0.15, 0.2) is 70.8 Å². The number of carbonyl (C=O) groups excluding carboxylic acids is 4. The Morgan fingerprint density at radius 1 is 0.754 bits per heavy atom. The Morgan fingerprint density at radius 2 is 1.35 bits per heavy atom. The molecule has 0 spiro atoms. The normalized spacial score (nSPS) is 12.4. The summed E-state index contributed by atoms with van der Waals surface area (Å²) in [6, 6.07) is 11.4. The zero-order chi connectivity index (χ0) is 39.8. The average Bonchev–Trinajstić information content (AvgIpc) is 3.13. The molecule has 0 fully saturated rings. The van der Waals surface area contributed by atoms with Gasteiger partial charge in [-0.15, -0.1) is 24.0 Å².